The molecule has 4 nitrogen and oxygen atoms in total. The molecule has 6 heteroatoms. The van der Waals surface area contributed by atoms with E-state index in [1.54, 1.807) is 12.1 Å². The van der Waals surface area contributed by atoms with Crippen molar-refractivity contribution in [2.45, 2.75) is 6.92 Å². The second-order valence-electron chi connectivity index (χ2n) is 2.77. The van der Waals surface area contributed by atoms with Gasteiger partial charge in [-0.3, -0.25) is 4.55 Å². The number of nitrogens with one attached hydrogen (secondary N) is 1. The zero-order chi connectivity index (χ0) is 9.90. The molecule has 0 spiro atoms. The van der Waals surface area contributed by atoms with Crippen molar-refractivity contribution in [3.63, 3.8) is 0 Å². The van der Waals surface area contributed by atoms with Crippen molar-refractivity contribution in [1.29, 1.82) is 0 Å². The molecule has 0 aliphatic rings. The fourth-order valence-corrected chi connectivity index (χ4v) is 1.28. The van der Waals surface area contributed by atoms with Gasteiger partial charge in [0.1, 0.15) is 5.88 Å². The van der Waals surface area contributed by atoms with Crippen LogP contribution in [-0.2, 0) is 10.1 Å². The van der Waals surface area contributed by atoms with E-state index in [9.17, 15) is 8.42 Å². The molecule has 1 aromatic rings. The van der Waals surface area contributed by atoms with E-state index in [4.69, 9.17) is 4.55 Å². The molecule has 0 atom stereocenters. The van der Waals surface area contributed by atoms with Gasteiger partial charge < -0.3 is 5.32 Å². The fourth-order valence-electron chi connectivity index (χ4n) is 0.930. The Balaban J connectivity index is 0.00000169. The van der Waals surface area contributed by atoms with Gasteiger partial charge in [-0.25, -0.2) is 0 Å². The normalized spacial score (nSPS) is 10.4. The number of hydrogen-bond donors (Lipinski definition) is 2. The molecule has 0 fully saturated rings. The number of rotatable bonds is 3. The third-order valence-corrected chi connectivity index (χ3v) is 1.99. The van der Waals surface area contributed by atoms with Gasteiger partial charge in [-0.15, -0.1) is 0 Å². The molecule has 0 saturated carbocycles. The predicted molar refractivity (Wildman–Crippen MR) is 58.4 cm³/mol. The van der Waals surface area contributed by atoms with Crippen molar-refractivity contribution in [3.05, 3.63) is 29.8 Å². The Bertz CT molecular complexity index is 391. The van der Waals surface area contributed by atoms with Gasteiger partial charge in [0.05, 0.1) is 0 Å². The number of hydrogen-bond acceptors (Lipinski definition) is 3. The average molecular weight is 225 g/mol. The summed E-state index contributed by atoms with van der Waals surface area (Å²) in [5, 5.41) is 2.59. The van der Waals surface area contributed by atoms with Crippen LogP contribution in [0.2, 0.25) is 0 Å². The van der Waals surface area contributed by atoms with Crippen LogP contribution < -0.4 is 5.32 Å². The fraction of sp³-hybridized carbons (Fsp3) is 0.250. The van der Waals surface area contributed by atoms with Gasteiger partial charge >= 0.3 is 29.6 Å². The quantitative estimate of drug-likeness (QED) is 0.584. The van der Waals surface area contributed by atoms with Gasteiger partial charge in [0.25, 0.3) is 10.1 Å². The van der Waals surface area contributed by atoms with Crippen LogP contribution in [0.5, 0.6) is 0 Å². The summed E-state index contributed by atoms with van der Waals surface area (Å²) in [6.07, 6.45) is 0. The molecule has 1 aromatic carbocycles. The van der Waals surface area contributed by atoms with E-state index in [1.165, 1.54) is 0 Å². The zero-order valence-corrected chi connectivity index (χ0v) is 8.00. The third kappa shape index (κ3) is 5.62. The van der Waals surface area contributed by atoms with E-state index in [-0.39, 0.29) is 29.6 Å². The summed E-state index contributed by atoms with van der Waals surface area (Å²) in [4.78, 5) is 0. The van der Waals surface area contributed by atoms with Crippen LogP contribution in [0.3, 0.4) is 0 Å². The summed E-state index contributed by atoms with van der Waals surface area (Å²) in [6, 6.07) is 7.24. The summed E-state index contributed by atoms with van der Waals surface area (Å²) < 4.78 is 29.2. The molecule has 0 aliphatic carbocycles. The van der Waals surface area contributed by atoms with Crippen molar-refractivity contribution in [2.75, 3.05) is 11.2 Å². The first-order valence-electron chi connectivity index (χ1n) is 3.73. The van der Waals surface area contributed by atoms with Crippen LogP contribution in [0, 0.1) is 6.92 Å². The summed E-state index contributed by atoms with van der Waals surface area (Å²) in [6.45, 7) is 1.90. The number of aryl methyl sites for hydroxylation is 1. The van der Waals surface area contributed by atoms with Crippen LogP contribution in [0.15, 0.2) is 24.3 Å². The third-order valence-electron chi connectivity index (χ3n) is 1.48. The molecule has 0 saturated heterocycles. The predicted octanol–water partition coefficient (Wildman–Crippen LogP) is 0.604. The van der Waals surface area contributed by atoms with Gasteiger partial charge in [-0.2, -0.15) is 8.42 Å². The Morgan fingerprint density at radius 1 is 1.43 bits per heavy atom. The van der Waals surface area contributed by atoms with Gasteiger partial charge in [0, 0.05) is 5.69 Å². The minimum atomic E-state index is -3.95. The Hall–Kier alpha value is -0.0700. The molecule has 0 radical (unpaired) electrons. The standard InChI is InChI=1S/C8H11NO3S.Na.H/c1-7-3-2-4-8(5-7)9-6-13(10,11)12;;/h2-5,9H,6H2,1H3,(H,10,11,12);;. The van der Waals surface area contributed by atoms with Crippen molar-refractivity contribution in [3.8, 4) is 0 Å². The molecule has 0 bridgehead atoms. The van der Waals surface area contributed by atoms with Gasteiger partial charge in [0.15, 0.2) is 0 Å². The molecule has 2 N–H and O–H groups in total. The Labute approximate surface area is 106 Å². The van der Waals surface area contributed by atoms with E-state index in [0.717, 1.165) is 5.56 Å². The number of benzene rings is 1. The average Bonchev–Trinajstić information content (AvgIpc) is 2.00. The number of anilines is 1. The summed E-state index contributed by atoms with van der Waals surface area (Å²) >= 11 is 0. The van der Waals surface area contributed by atoms with E-state index in [2.05, 4.69) is 5.32 Å². The van der Waals surface area contributed by atoms with E-state index in [0.29, 0.717) is 5.69 Å². The van der Waals surface area contributed by atoms with Gasteiger partial charge in [-0.1, -0.05) is 12.1 Å². The first-order valence-corrected chi connectivity index (χ1v) is 5.34. The second kappa shape index (κ2) is 5.72. The first-order chi connectivity index (χ1) is 5.97. The summed E-state index contributed by atoms with van der Waals surface area (Å²) in [7, 11) is -3.95. The Morgan fingerprint density at radius 2 is 2.07 bits per heavy atom. The molecule has 0 aromatic heterocycles. The molecular weight excluding hydrogens is 213 g/mol. The van der Waals surface area contributed by atoms with Crippen LogP contribution in [0.4, 0.5) is 5.69 Å². The van der Waals surface area contributed by atoms with Crippen molar-refractivity contribution in [2.24, 2.45) is 0 Å². The van der Waals surface area contributed by atoms with Gasteiger partial charge in [-0.05, 0) is 24.6 Å². The van der Waals surface area contributed by atoms with Crippen molar-refractivity contribution in [1.82, 2.24) is 0 Å². The van der Waals surface area contributed by atoms with Crippen LogP contribution in [-0.4, -0.2) is 48.4 Å². The monoisotopic (exact) mass is 225 g/mol. The second-order valence-corrected chi connectivity index (χ2v) is 4.23. The molecule has 14 heavy (non-hydrogen) atoms. The topological polar surface area (TPSA) is 66.4 Å². The molecule has 74 valence electrons. The van der Waals surface area contributed by atoms with E-state index in [1.807, 2.05) is 19.1 Å². The first kappa shape index (κ1) is 13.9. The van der Waals surface area contributed by atoms with Crippen molar-refractivity contribution < 1.29 is 13.0 Å². The SMILES string of the molecule is Cc1cccc(NCS(=O)(=O)O)c1.[NaH]. The minimum absolute atomic E-state index is 0. The van der Waals surface area contributed by atoms with Crippen LogP contribution in [0.1, 0.15) is 5.56 Å². The van der Waals surface area contributed by atoms with Gasteiger partial charge in [0.2, 0.25) is 0 Å². The molecule has 0 amide bonds. The zero-order valence-electron chi connectivity index (χ0n) is 7.19. The maximum absolute atomic E-state index is 10.4. The molecule has 0 unspecified atom stereocenters. The maximum atomic E-state index is 10.4. The van der Waals surface area contributed by atoms with Crippen LogP contribution in [0.25, 0.3) is 0 Å². The Kier molecular flexibility index (Phi) is 5.70. The molecule has 1 rings (SSSR count). The molecule has 0 aliphatic heterocycles. The molecule has 0 heterocycles. The van der Waals surface area contributed by atoms with E-state index < -0.39 is 16.0 Å². The van der Waals surface area contributed by atoms with Crippen LogP contribution >= 0.6 is 0 Å². The summed E-state index contributed by atoms with van der Waals surface area (Å²) in [5.41, 5.74) is 1.71. The Morgan fingerprint density at radius 3 is 2.57 bits per heavy atom. The van der Waals surface area contributed by atoms with Crippen molar-refractivity contribution >= 4 is 45.4 Å². The summed E-state index contributed by atoms with van der Waals surface area (Å²) in [5.74, 6) is -0.462. The van der Waals surface area contributed by atoms with E-state index >= 15 is 0 Å². The molecular formula is C8H12NNaO3S.